The Kier molecular flexibility index (Phi) is 6.78. The van der Waals surface area contributed by atoms with Crippen LogP contribution in [0.5, 0.6) is 0 Å². The van der Waals surface area contributed by atoms with E-state index in [2.05, 4.69) is 9.39 Å². The molecule has 0 aromatic heterocycles. The first-order valence-electron chi connectivity index (χ1n) is 7.69. The first-order chi connectivity index (χ1) is 12.0. The number of benzene rings is 2. The number of aliphatic imine (C=N–C) groups is 1. The van der Waals surface area contributed by atoms with Crippen molar-refractivity contribution in [1.29, 1.82) is 0 Å². The fraction of sp³-hybridized carbons (Fsp3) is 0.222. The molecule has 0 aliphatic rings. The molecule has 2 aromatic carbocycles. The largest absolute Gasteiger partial charge is 0.473 e. The van der Waals surface area contributed by atoms with Crippen molar-refractivity contribution in [1.82, 2.24) is 0 Å². The smallest absolute Gasteiger partial charge is 0.284 e. The number of amidine groups is 1. The average molecular weight is 377 g/mol. The molecule has 25 heavy (non-hydrogen) atoms. The normalized spacial score (nSPS) is 12.9. The van der Waals surface area contributed by atoms with Crippen molar-refractivity contribution in [3.05, 3.63) is 65.7 Å². The van der Waals surface area contributed by atoms with Crippen molar-refractivity contribution in [2.45, 2.75) is 18.7 Å². The fourth-order valence-corrected chi connectivity index (χ4v) is 3.32. The molecule has 2 aromatic rings. The lowest BCUT2D eigenvalue weighted by atomic mass is 10.2. The van der Waals surface area contributed by atoms with Crippen molar-refractivity contribution in [3.63, 3.8) is 0 Å². The molecule has 0 bridgehead atoms. The Morgan fingerprint density at radius 1 is 1.08 bits per heavy atom. The Morgan fingerprint density at radius 2 is 1.72 bits per heavy atom. The zero-order valence-corrected chi connectivity index (χ0v) is 16.0. The van der Waals surface area contributed by atoms with E-state index in [4.69, 9.17) is 4.74 Å². The predicted molar refractivity (Wildman–Crippen MR) is 104 cm³/mol. The van der Waals surface area contributed by atoms with Gasteiger partial charge in [-0.05, 0) is 32.2 Å². The number of rotatable bonds is 4. The molecular formula is C18H20N2O3S2. The summed E-state index contributed by atoms with van der Waals surface area (Å²) in [5.41, 5.74) is 1.58. The minimum absolute atomic E-state index is 0.0963. The Morgan fingerprint density at radius 3 is 2.28 bits per heavy atom. The molecule has 0 spiro atoms. The summed E-state index contributed by atoms with van der Waals surface area (Å²) in [6.45, 7) is 4.17. The first-order valence-corrected chi connectivity index (χ1v) is 10.3. The molecule has 0 unspecified atom stereocenters. The van der Waals surface area contributed by atoms with Gasteiger partial charge in [0.05, 0.1) is 11.5 Å². The Labute approximate surface area is 152 Å². The van der Waals surface area contributed by atoms with Crippen LogP contribution in [0.15, 0.2) is 68.9 Å². The molecule has 0 N–H and O–H groups in total. The summed E-state index contributed by atoms with van der Waals surface area (Å²) in [5, 5.41) is 0.365. The molecule has 0 saturated heterocycles. The summed E-state index contributed by atoms with van der Waals surface area (Å²) in [4.78, 5) is 4.44. The highest BCUT2D eigenvalue weighted by atomic mass is 32.2. The maximum atomic E-state index is 12.7. The van der Waals surface area contributed by atoms with E-state index in [0.29, 0.717) is 17.4 Å². The number of thioether (sulfide) groups is 1. The van der Waals surface area contributed by atoms with Gasteiger partial charge in [0.25, 0.3) is 15.3 Å². The minimum atomic E-state index is -3.88. The molecule has 7 heteroatoms. The standard InChI is InChI=1S/C18H20N2O3S2/c1-4-23-18(24-3)19-17(15-8-6-5-7-9-15)20-25(21,22)16-12-10-14(2)11-13-16/h5-13H,4H2,1-3H3/b19-18?,20-17+. The molecule has 0 aliphatic carbocycles. The van der Waals surface area contributed by atoms with Gasteiger partial charge < -0.3 is 4.74 Å². The summed E-state index contributed by atoms with van der Waals surface area (Å²) in [7, 11) is -3.88. The van der Waals surface area contributed by atoms with E-state index in [0.717, 1.165) is 5.56 Å². The molecule has 5 nitrogen and oxygen atoms in total. The minimum Gasteiger partial charge on any atom is -0.473 e. The van der Waals surface area contributed by atoms with Gasteiger partial charge >= 0.3 is 0 Å². The molecular weight excluding hydrogens is 356 g/mol. The topological polar surface area (TPSA) is 68.1 Å². The van der Waals surface area contributed by atoms with E-state index in [1.165, 1.54) is 11.8 Å². The summed E-state index contributed by atoms with van der Waals surface area (Å²) >= 11 is 1.29. The van der Waals surface area contributed by atoms with Crippen LogP contribution in [0.1, 0.15) is 18.1 Å². The van der Waals surface area contributed by atoms with Gasteiger partial charge in [0.1, 0.15) is 0 Å². The van der Waals surface area contributed by atoms with Crippen LogP contribution in [0.3, 0.4) is 0 Å². The van der Waals surface area contributed by atoms with E-state index in [9.17, 15) is 8.42 Å². The fourth-order valence-electron chi connectivity index (χ4n) is 1.95. The molecule has 0 amide bonds. The third kappa shape index (κ3) is 5.44. The monoisotopic (exact) mass is 376 g/mol. The zero-order valence-electron chi connectivity index (χ0n) is 14.3. The third-order valence-electron chi connectivity index (χ3n) is 3.20. The zero-order chi connectivity index (χ0) is 18.3. The summed E-state index contributed by atoms with van der Waals surface area (Å²) < 4.78 is 34.7. The van der Waals surface area contributed by atoms with Crippen LogP contribution in [-0.4, -0.2) is 32.3 Å². The van der Waals surface area contributed by atoms with Gasteiger partial charge in [0, 0.05) is 5.56 Å². The Bertz CT molecular complexity index is 859. The van der Waals surface area contributed by atoms with Crippen molar-refractivity contribution in [2.24, 2.45) is 9.39 Å². The van der Waals surface area contributed by atoms with Crippen molar-refractivity contribution in [3.8, 4) is 0 Å². The number of aryl methyl sites for hydroxylation is 1. The van der Waals surface area contributed by atoms with Crippen LogP contribution in [0.4, 0.5) is 0 Å². The van der Waals surface area contributed by atoms with Gasteiger partial charge in [-0.1, -0.05) is 59.8 Å². The number of hydrogen-bond acceptors (Lipinski definition) is 4. The number of ether oxygens (including phenoxy) is 1. The summed E-state index contributed by atoms with van der Waals surface area (Å²) in [6, 6.07) is 15.5. The molecule has 0 fully saturated rings. The lowest BCUT2D eigenvalue weighted by molar-refractivity contribution is 0.338. The van der Waals surface area contributed by atoms with Gasteiger partial charge in [0.15, 0.2) is 5.84 Å². The van der Waals surface area contributed by atoms with Crippen LogP contribution in [-0.2, 0) is 14.8 Å². The average Bonchev–Trinajstić information content (AvgIpc) is 2.61. The van der Waals surface area contributed by atoms with Crippen molar-refractivity contribution >= 4 is 32.9 Å². The molecule has 0 atom stereocenters. The Hall–Kier alpha value is -2.12. The first kappa shape index (κ1) is 19.2. The molecule has 132 valence electrons. The number of nitrogens with zero attached hydrogens (tertiary/aromatic N) is 2. The summed E-state index contributed by atoms with van der Waals surface area (Å²) in [5.74, 6) is 0.0963. The number of hydrogen-bond donors (Lipinski definition) is 0. The van der Waals surface area contributed by atoms with Crippen LogP contribution in [0.2, 0.25) is 0 Å². The lowest BCUT2D eigenvalue weighted by Gasteiger charge is -2.07. The maximum absolute atomic E-state index is 12.7. The van der Waals surface area contributed by atoms with Gasteiger partial charge in [-0.2, -0.15) is 13.4 Å². The van der Waals surface area contributed by atoms with Gasteiger partial charge in [-0.15, -0.1) is 4.40 Å². The molecule has 0 aliphatic heterocycles. The van der Waals surface area contributed by atoms with Crippen LogP contribution >= 0.6 is 11.8 Å². The second kappa shape index (κ2) is 8.82. The van der Waals surface area contributed by atoms with Crippen LogP contribution < -0.4 is 0 Å². The van der Waals surface area contributed by atoms with Crippen molar-refractivity contribution < 1.29 is 13.2 Å². The summed E-state index contributed by atoms with van der Waals surface area (Å²) in [6.07, 6.45) is 1.81. The quantitative estimate of drug-likeness (QED) is 0.600. The van der Waals surface area contributed by atoms with E-state index < -0.39 is 10.0 Å². The highest BCUT2D eigenvalue weighted by Crippen LogP contribution is 2.16. The maximum Gasteiger partial charge on any atom is 0.284 e. The molecule has 0 saturated carbocycles. The van der Waals surface area contributed by atoms with Gasteiger partial charge in [0.2, 0.25) is 0 Å². The predicted octanol–water partition coefficient (Wildman–Crippen LogP) is 3.89. The van der Waals surface area contributed by atoms with Crippen LogP contribution in [0, 0.1) is 6.92 Å². The van der Waals surface area contributed by atoms with E-state index in [1.54, 1.807) is 48.5 Å². The highest BCUT2D eigenvalue weighted by molar-refractivity contribution is 8.13. The van der Waals surface area contributed by atoms with Gasteiger partial charge in [-0.25, -0.2) is 0 Å². The highest BCUT2D eigenvalue weighted by Gasteiger charge is 2.16. The molecule has 0 radical (unpaired) electrons. The lowest BCUT2D eigenvalue weighted by Crippen LogP contribution is -2.09. The second-order valence-corrected chi connectivity index (χ2v) is 7.45. The van der Waals surface area contributed by atoms with E-state index in [1.807, 2.05) is 26.2 Å². The van der Waals surface area contributed by atoms with E-state index in [-0.39, 0.29) is 10.7 Å². The molecule has 0 heterocycles. The third-order valence-corrected chi connectivity index (χ3v) is 5.04. The van der Waals surface area contributed by atoms with Crippen LogP contribution in [0.25, 0.3) is 0 Å². The SMILES string of the molecule is CCOC(=N/C(=N/S(=O)(=O)c1ccc(C)cc1)c1ccccc1)SC. The van der Waals surface area contributed by atoms with Gasteiger partial charge in [-0.3, -0.25) is 0 Å². The number of sulfonamides is 1. The Balaban J connectivity index is 2.54. The van der Waals surface area contributed by atoms with E-state index >= 15 is 0 Å². The second-order valence-electron chi connectivity index (χ2n) is 5.08. The molecule has 2 rings (SSSR count). The van der Waals surface area contributed by atoms with Crippen molar-refractivity contribution in [2.75, 3.05) is 12.9 Å².